The van der Waals surface area contributed by atoms with Crippen molar-refractivity contribution in [2.45, 2.75) is 19.4 Å². The molecule has 1 aromatic rings. The third kappa shape index (κ3) is 4.17. The average Bonchev–Trinajstić information content (AvgIpc) is 2.34. The van der Waals surface area contributed by atoms with E-state index in [9.17, 15) is 13.6 Å². The molecule has 0 saturated carbocycles. The zero-order valence-electron chi connectivity index (χ0n) is 11.1. The third-order valence-corrected chi connectivity index (χ3v) is 2.57. The Balaban J connectivity index is 2.78. The highest BCUT2D eigenvalue weighted by Crippen LogP contribution is 2.17. The minimum absolute atomic E-state index is 0.0190. The van der Waals surface area contributed by atoms with Crippen LogP contribution in [0.1, 0.15) is 13.8 Å². The van der Waals surface area contributed by atoms with Crippen LogP contribution in [0.3, 0.4) is 0 Å². The highest BCUT2D eigenvalue weighted by Gasteiger charge is 2.34. The van der Waals surface area contributed by atoms with Crippen molar-refractivity contribution in [2.75, 3.05) is 20.3 Å². The summed E-state index contributed by atoms with van der Waals surface area (Å²) >= 11 is 0. The van der Waals surface area contributed by atoms with E-state index >= 15 is 0 Å². The number of nitrogens with one attached hydrogen (secondary N) is 1. The Hall–Kier alpha value is -1.69. The van der Waals surface area contributed by atoms with Crippen molar-refractivity contribution in [3.63, 3.8) is 0 Å². The molecule has 106 valence electrons. The van der Waals surface area contributed by atoms with E-state index in [4.69, 9.17) is 4.74 Å². The number of halogens is 2. The number of carbonyl (C=O) groups is 1. The molecule has 19 heavy (non-hydrogen) atoms. The molecule has 0 aliphatic heterocycles. The summed E-state index contributed by atoms with van der Waals surface area (Å²) in [4.78, 5) is 11.7. The summed E-state index contributed by atoms with van der Waals surface area (Å²) in [6, 6.07) is 2.84. The van der Waals surface area contributed by atoms with E-state index in [2.05, 4.69) is 10.1 Å². The second-order valence-electron chi connectivity index (χ2n) is 4.25. The first-order valence-electron chi connectivity index (χ1n) is 5.83. The predicted molar refractivity (Wildman–Crippen MR) is 66.0 cm³/mol. The first-order valence-corrected chi connectivity index (χ1v) is 5.83. The van der Waals surface area contributed by atoms with Crippen LogP contribution in [0.15, 0.2) is 18.2 Å². The van der Waals surface area contributed by atoms with E-state index in [0.29, 0.717) is 6.54 Å². The van der Waals surface area contributed by atoms with Gasteiger partial charge in [0.05, 0.1) is 7.11 Å². The van der Waals surface area contributed by atoms with Crippen molar-refractivity contribution in [1.29, 1.82) is 0 Å². The van der Waals surface area contributed by atoms with Gasteiger partial charge in [-0.3, -0.25) is 5.32 Å². The lowest BCUT2D eigenvalue weighted by Crippen LogP contribution is -2.54. The van der Waals surface area contributed by atoms with E-state index < -0.39 is 23.1 Å². The second kappa shape index (κ2) is 6.47. The maximum atomic E-state index is 13.0. The Bertz CT molecular complexity index is 433. The van der Waals surface area contributed by atoms with E-state index in [0.717, 1.165) is 18.2 Å². The van der Waals surface area contributed by atoms with Crippen molar-refractivity contribution >= 4 is 5.97 Å². The van der Waals surface area contributed by atoms with Gasteiger partial charge in [-0.05, 0) is 13.5 Å². The van der Waals surface area contributed by atoms with Crippen LogP contribution in [0.4, 0.5) is 8.78 Å². The molecule has 0 aromatic heterocycles. The Morgan fingerprint density at radius 2 is 1.89 bits per heavy atom. The number of rotatable bonds is 6. The smallest absolute Gasteiger partial charge is 0.329 e. The highest BCUT2D eigenvalue weighted by molar-refractivity contribution is 5.80. The second-order valence-corrected chi connectivity index (χ2v) is 4.25. The zero-order chi connectivity index (χ0) is 14.5. The lowest BCUT2D eigenvalue weighted by molar-refractivity contribution is -0.149. The molecule has 0 bridgehead atoms. The summed E-state index contributed by atoms with van der Waals surface area (Å²) in [5.74, 6) is -1.96. The molecule has 0 saturated heterocycles. The summed E-state index contributed by atoms with van der Waals surface area (Å²) in [5, 5.41) is 2.92. The monoisotopic (exact) mass is 273 g/mol. The summed E-state index contributed by atoms with van der Waals surface area (Å²) in [6.07, 6.45) is 0. The van der Waals surface area contributed by atoms with Crippen molar-refractivity contribution in [3.8, 4) is 5.75 Å². The van der Waals surface area contributed by atoms with Crippen LogP contribution >= 0.6 is 0 Å². The van der Waals surface area contributed by atoms with Crippen molar-refractivity contribution < 1.29 is 23.0 Å². The highest BCUT2D eigenvalue weighted by atomic mass is 19.1. The van der Waals surface area contributed by atoms with Gasteiger partial charge in [0.1, 0.15) is 29.5 Å². The molecular weight excluding hydrogens is 256 g/mol. The maximum Gasteiger partial charge on any atom is 0.329 e. The van der Waals surface area contributed by atoms with Gasteiger partial charge in [-0.2, -0.15) is 0 Å². The van der Waals surface area contributed by atoms with Crippen LogP contribution < -0.4 is 10.1 Å². The van der Waals surface area contributed by atoms with Crippen molar-refractivity contribution in [2.24, 2.45) is 0 Å². The summed E-state index contributed by atoms with van der Waals surface area (Å²) in [6.45, 7) is 3.84. The van der Waals surface area contributed by atoms with Crippen LogP contribution in [0.2, 0.25) is 0 Å². The molecular formula is C13H17F2NO3. The molecule has 1 aromatic carbocycles. The lowest BCUT2D eigenvalue weighted by atomic mass is 10.0. The average molecular weight is 273 g/mol. The van der Waals surface area contributed by atoms with Gasteiger partial charge in [-0.25, -0.2) is 13.6 Å². The third-order valence-electron chi connectivity index (χ3n) is 2.57. The number of ether oxygens (including phenoxy) is 2. The van der Waals surface area contributed by atoms with Crippen LogP contribution in [-0.2, 0) is 9.53 Å². The number of benzene rings is 1. The van der Waals surface area contributed by atoms with Crippen molar-refractivity contribution in [3.05, 3.63) is 29.8 Å². The Morgan fingerprint density at radius 3 is 2.37 bits per heavy atom. The van der Waals surface area contributed by atoms with Gasteiger partial charge >= 0.3 is 5.97 Å². The normalized spacial score (nSPS) is 13.7. The number of esters is 1. The largest absolute Gasteiger partial charge is 0.491 e. The first kappa shape index (κ1) is 15.4. The quantitative estimate of drug-likeness (QED) is 0.804. The Labute approximate surface area is 110 Å². The Morgan fingerprint density at radius 1 is 1.32 bits per heavy atom. The van der Waals surface area contributed by atoms with Crippen LogP contribution in [0.25, 0.3) is 0 Å². The van der Waals surface area contributed by atoms with Gasteiger partial charge in [-0.1, -0.05) is 6.92 Å². The molecule has 1 rings (SSSR count). The van der Waals surface area contributed by atoms with Gasteiger partial charge in [0.15, 0.2) is 0 Å². The number of carbonyl (C=O) groups excluding carboxylic acids is 1. The van der Waals surface area contributed by atoms with E-state index in [1.165, 1.54) is 7.11 Å². The molecule has 0 radical (unpaired) electrons. The molecule has 1 atom stereocenters. The van der Waals surface area contributed by atoms with Crippen LogP contribution in [0, 0.1) is 11.6 Å². The Kier molecular flexibility index (Phi) is 5.23. The molecule has 0 fully saturated rings. The fourth-order valence-electron chi connectivity index (χ4n) is 1.64. The predicted octanol–water partition coefficient (Wildman–Crippen LogP) is 1.88. The molecule has 0 aliphatic rings. The van der Waals surface area contributed by atoms with E-state index in [1.807, 2.05) is 6.92 Å². The van der Waals surface area contributed by atoms with Gasteiger partial charge in [0.25, 0.3) is 0 Å². The number of hydrogen-bond acceptors (Lipinski definition) is 4. The van der Waals surface area contributed by atoms with Gasteiger partial charge in [0.2, 0.25) is 0 Å². The molecule has 0 amide bonds. The summed E-state index contributed by atoms with van der Waals surface area (Å²) < 4.78 is 35.9. The molecule has 0 heterocycles. The van der Waals surface area contributed by atoms with Crippen molar-refractivity contribution in [1.82, 2.24) is 5.32 Å². The van der Waals surface area contributed by atoms with E-state index in [-0.39, 0.29) is 12.4 Å². The number of hydrogen-bond donors (Lipinski definition) is 1. The topological polar surface area (TPSA) is 47.6 Å². The van der Waals surface area contributed by atoms with E-state index in [1.54, 1.807) is 6.92 Å². The molecule has 4 nitrogen and oxygen atoms in total. The van der Waals surface area contributed by atoms with Gasteiger partial charge in [0, 0.05) is 18.2 Å². The fourth-order valence-corrected chi connectivity index (χ4v) is 1.64. The van der Waals surface area contributed by atoms with Gasteiger partial charge < -0.3 is 9.47 Å². The molecule has 0 aliphatic carbocycles. The minimum Gasteiger partial charge on any atom is -0.491 e. The summed E-state index contributed by atoms with van der Waals surface area (Å²) in [7, 11) is 1.26. The molecule has 1 N–H and O–H groups in total. The minimum atomic E-state index is -1.08. The standard InChI is InChI=1S/C13H17F2NO3/c1-4-16-13(2,12(17)18-3)8-19-11-6-9(14)5-10(15)7-11/h5-7,16H,4,8H2,1-3H3. The molecule has 6 heteroatoms. The summed E-state index contributed by atoms with van der Waals surface area (Å²) in [5.41, 5.74) is -1.08. The van der Waals surface area contributed by atoms with Crippen LogP contribution in [-0.4, -0.2) is 31.8 Å². The fraction of sp³-hybridized carbons (Fsp3) is 0.462. The lowest BCUT2D eigenvalue weighted by Gasteiger charge is -2.27. The molecule has 1 unspecified atom stereocenters. The first-order chi connectivity index (χ1) is 8.91. The number of methoxy groups -OCH3 is 1. The molecule has 0 spiro atoms. The SMILES string of the molecule is CCNC(C)(COc1cc(F)cc(F)c1)C(=O)OC. The number of likely N-dealkylation sites (N-methyl/N-ethyl adjacent to an activating group) is 1. The zero-order valence-corrected chi connectivity index (χ0v) is 11.1. The maximum absolute atomic E-state index is 13.0. The van der Waals surface area contributed by atoms with Gasteiger partial charge in [-0.15, -0.1) is 0 Å². The van der Waals surface area contributed by atoms with Crippen LogP contribution in [0.5, 0.6) is 5.75 Å².